The number of rotatable bonds is 7. The average molecular weight is 417 g/mol. The SMILES string of the molecule is CCCN1C(=O)CN(C2CCC(C)CC2)C(=O)C1c1ccc(OC(C)C)c(OC)c1. The van der Waals surface area contributed by atoms with Gasteiger partial charge in [0.25, 0.3) is 5.91 Å². The van der Waals surface area contributed by atoms with E-state index in [1.165, 1.54) is 0 Å². The van der Waals surface area contributed by atoms with Crippen LogP contribution in [0.5, 0.6) is 11.5 Å². The van der Waals surface area contributed by atoms with Crippen LogP contribution in [0.2, 0.25) is 0 Å². The van der Waals surface area contributed by atoms with Crippen LogP contribution in [0.1, 0.15) is 71.4 Å². The van der Waals surface area contributed by atoms with Gasteiger partial charge in [-0.25, -0.2) is 0 Å². The summed E-state index contributed by atoms with van der Waals surface area (Å²) in [7, 11) is 1.60. The van der Waals surface area contributed by atoms with Crippen LogP contribution in [0.4, 0.5) is 0 Å². The summed E-state index contributed by atoms with van der Waals surface area (Å²) in [5.41, 5.74) is 0.781. The number of benzene rings is 1. The van der Waals surface area contributed by atoms with Gasteiger partial charge in [-0.2, -0.15) is 0 Å². The molecule has 1 atom stereocenters. The molecule has 1 aliphatic carbocycles. The summed E-state index contributed by atoms with van der Waals surface area (Å²) in [5.74, 6) is 1.98. The molecule has 1 saturated carbocycles. The first-order valence-electron chi connectivity index (χ1n) is 11.3. The van der Waals surface area contributed by atoms with Crippen molar-refractivity contribution >= 4 is 11.8 Å². The van der Waals surface area contributed by atoms with E-state index in [4.69, 9.17) is 9.47 Å². The van der Waals surface area contributed by atoms with Crippen molar-refractivity contribution in [3.63, 3.8) is 0 Å². The molecular formula is C24H36N2O4. The lowest BCUT2D eigenvalue weighted by Gasteiger charge is -2.45. The van der Waals surface area contributed by atoms with Gasteiger partial charge in [-0.05, 0) is 69.6 Å². The zero-order chi connectivity index (χ0) is 21.8. The van der Waals surface area contributed by atoms with Crippen LogP contribution in [0.15, 0.2) is 18.2 Å². The van der Waals surface area contributed by atoms with E-state index in [2.05, 4.69) is 6.92 Å². The van der Waals surface area contributed by atoms with Gasteiger partial charge in [-0.15, -0.1) is 0 Å². The van der Waals surface area contributed by atoms with E-state index < -0.39 is 6.04 Å². The summed E-state index contributed by atoms with van der Waals surface area (Å²) in [6.45, 7) is 8.98. The number of hydrogen-bond donors (Lipinski definition) is 0. The van der Waals surface area contributed by atoms with Crippen molar-refractivity contribution < 1.29 is 19.1 Å². The first-order chi connectivity index (χ1) is 14.3. The Bertz CT molecular complexity index is 756. The fraction of sp³-hybridized carbons (Fsp3) is 0.667. The smallest absolute Gasteiger partial charge is 0.250 e. The Morgan fingerprint density at radius 1 is 1.10 bits per heavy atom. The molecule has 2 amide bonds. The number of methoxy groups -OCH3 is 1. The lowest BCUT2D eigenvalue weighted by molar-refractivity contribution is -0.159. The normalized spacial score (nSPS) is 25.1. The van der Waals surface area contributed by atoms with Crippen molar-refractivity contribution in [1.29, 1.82) is 0 Å². The molecule has 0 aromatic heterocycles. The van der Waals surface area contributed by atoms with E-state index in [-0.39, 0.29) is 30.5 Å². The van der Waals surface area contributed by atoms with Crippen LogP contribution in [-0.2, 0) is 9.59 Å². The van der Waals surface area contributed by atoms with E-state index in [0.29, 0.717) is 24.0 Å². The third kappa shape index (κ3) is 4.73. The highest BCUT2D eigenvalue weighted by atomic mass is 16.5. The van der Waals surface area contributed by atoms with Crippen molar-refractivity contribution in [2.24, 2.45) is 5.92 Å². The zero-order valence-corrected chi connectivity index (χ0v) is 19.0. The van der Waals surface area contributed by atoms with Crippen LogP contribution in [-0.4, -0.2) is 54.0 Å². The van der Waals surface area contributed by atoms with Gasteiger partial charge in [0.15, 0.2) is 11.5 Å². The van der Waals surface area contributed by atoms with Gasteiger partial charge in [0, 0.05) is 12.6 Å². The van der Waals surface area contributed by atoms with Gasteiger partial charge >= 0.3 is 0 Å². The number of hydrogen-bond acceptors (Lipinski definition) is 4. The van der Waals surface area contributed by atoms with Crippen LogP contribution >= 0.6 is 0 Å². The molecule has 0 radical (unpaired) electrons. The van der Waals surface area contributed by atoms with Crippen LogP contribution < -0.4 is 9.47 Å². The number of piperazine rings is 1. The number of carbonyl (C=O) groups excluding carboxylic acids is 2. The molecule has 1 aromatic rings. The van der Waals surface area contributed by atoms with Crippen LogP contribution in [0.25, 0.3) is 0 Å². The Kier molecular flexibility index (Phi) is 7.27. The Labute approximate surface area is 180 Å². The van der Waals surface area contributed by atoms with Gasteiger partial charge in [0.05, 0.1) is 13.2 Å². The molecule has 1 aromatic carbocycles. The quantitative estimate of drug-likeness (QED) is 0.669. The fourth-order valence-electron chi connectivity index (χ4n) is 4.63. The molecule has 2 aliphatic rings. The van der Waals surface area contributed by atoms with Crippen LogP contribution in [0, 0.1) is 5.92 Å². The third-order valence-electron chi connectivity index (χ3n) is 6.21. The maximum atomic E-state index is 13.7. The van der Waals surface area contributed by atoms with Crippen molar-refractivity contribution in [3.8, 4) is 11.5 Å². The summed E-state index contributed by atoms with van der Waals surface area (Å²) in [6.07, 6.45) is 5.00. The molecule has 30 heavy (non-hydrogen) atoms. The summed E-state index contributed by atoms with van der Waals surface area (Å²) in [5, 5.41) is 0. The summed E-state index contributed by atoms with van der Waals surface area (Å²) in [6, 6.07) is 5.15. The fourth-order valence-corrected chi connectivity index (χ4v) is 4.63. The van der Waals surface area contributed by atoms with Gasteiger partial charge in [0.1, 0.15) is 12.6 Å². The lowest BCUT2D eigenvalue weighted by Crippen LogP contribution is -2.58. The summed E-state index contributed by atoms with van der Waals surface area (Å²) in [4.78, 5) is 30.3. The monoisotopic (exact) mass is 416 g/mol. The van der Waals surface area contributed by atoms with Gasteiger partial charge in [0.2, 0.25) is 5.91 Å². The van der Waals surface area contributed by atoms with E-state index in [0.717, 1.165) is 37.7 Å². The second-order valence-electron chi connectivity index (χ2n) is 8.95. The van der Waals surface area contributed by atoms with E-state index in [1.807, 2.05) is 43.9 Å². The molecule has 3 rings (SSSR count). The standard InChI is InChI=1S/C24H36N2O4/c1-6-13-25-22(27)15-26(19-10-7-17(4)8-11-19)24(28)23(25)18-9-12-20(30-16(2)3)21(14-18)29-5/h9,12,14,16-17,19,23H,6-8,10-11,13,15H2,1-5H3. The first-order valence-corrected chi connectivity index (χ1v) is 11.3. The minimum atomic E-state index is -0.604. The maximum Gasteiger partial charge on any atom is 0.250 e. The molecule has 0 bridgehead atoms. The topological polar surface area (TPSA) is 59.1 Å². The average Bonchev–Trinajstić information content (AvgIpc) is 2.71. The van der Waals surface area contributed by atoms with Crippen molar-refractivity contribution in [2.45, 2.75) is 78.0 Å². The number of carbonyl (C=O) groups is 2. The molecule has 6 heteroatoms. The Morgan fingerprint density at radius 2 is 1.80 bits per heavy atom. The Morgan fingerprint density at radius 3 is 2.40 bits per heavy atom. The number of ether oxygens (including phenoxy) is 2. The predicted octanol–water partition coefficient (Wildman–Crippen LogP) is 4.18. The van der Waals surface area contributed by atoms with Gasteiger partial charge in [-0.3, -0.25) is 9.59 Å². The second kappa shape index (κ2) is 9.71. The Balaban J connectivity index is 1.93. The van der Waals surface area contributed by atoms with Gasteiger partial charge in [-0.1, -0.05) is 19.9 Å². The lowest BCUT2D eigenvalue weighted by atomic mass is 9.85. The summed E-state index contributed by atoms with van der Waals surface area (Å²) >= 11 is 0. The molecule has 6 nitrogen and oxygen atoms in total. The third-order valence-corrected chi connectivity index (χ3v) is 6.21. The zero-order valence-electron chi connectivity index (χ0n) is 19.0. The van der Waals surface area contributed by atoms with Gasteiger partial charge < -0.3 is 19.3 Å². The number of amides is 2. The van der Waals surface area contributed by atoms with Crippen molar-refractivity contribution in [1.82, 2.24) is 9.80 Å². The summed E-state index contributed by atoms with van der Waals surface area (Å²) < 4.78 is 11.4. The Hall–Kier alpha value is -2.24. The number of nitrogens with zero attached hydrogens (tertiary/aromatic N) is 2. The second-order valence-corrected chi connectivity index (χ2v) is 8.95. The first kappa shape index (κ1) is 22.4. The van der Waals surface area contributed by atoms with Crippen molar-refractivity contribution in [2.75, 3.05) is 20.2 Å². The molecule has 1 saturated heterocycles. The molecule has 1 unspecified atom stereocenters. The largest absolute Gasteiger partial charge is 0.493 e. The van der Waals surface area contributed by atoms with E-state index in [9.17, 15) is 9.59 Å². The highest BCUT2D eigenvalue weighted by molar-refractivity contribution is 5.96. The maximum absolute atomic E-state index is 13.7. The minimum absolute atomic E-state index is 0.0171. The van der Waals surface area contributed by atoms with E-state index in [1.54, 1.807) is 12.0 Å². The minimum Gasteiger partial charge on any atom is -0.493 e. The molecule has 2 fully saturated rings. The molecular weight excluding hydrogens is 380 g/mol. The highest BCUT2D eigenvalue weighted by Crippen LogP contribution is 2.37. The molecule has 1 heterocycles. The molecule has 1 aliphatic heterocycles. The highest BCUT2D eigenvalue weighted by Gasteiger charge is 2.43. The predicted molar refractivity (Wildman–Crippen MR) is 117 cm³/mol. The van der Waals surface area contributed by atoms with Crippen LogP contribution in [0.3, 0.4) is 0 Å². The van der Waals surface area contributed by atoms with E-state index >= 15 is 0 Å². The van der Waals surface area contributed by atoms with Crippen molar-refractivity contribution in [3.05, 3.63) is 23.8 Å². The molecule has 166 valence electrons. The molecule has 0 spiro atoms. The molecule has 0 N–H and O–H groups in total.